The maximum absolute atomic E-state index is 4.74. The molecule has 5 nitrogen and oxygen atoms in total. The first-order valence-corrected chi connectivity index (χ1v) is 6.42. The second-order valence-corrected chi connectivity index (χ2v) is 5.29. The molecule has 1 N–H and O–H groups in total. The number of likely N-dealkylation sites (tertiary alicyclic amines) is 1. The molecule has 0 amide bonds. The van der Waals surface area contributed by atoms with Gasteiger partial charge in [0.15, 0.2) is 5.82 Å². The lowest BCUT2D eigenvalue weighted by Gasteiger charge is -2.14. The van der Waals surface area contributed by atoms with E-state index in [-0.39, 0.29) is 0 Å². The van der Waals surface area contributed by atoms with Gasteiger partial charge in [0, 0.05) is 6.54 Å². The van der Waals surface area contributed by atoms with Crippen molar-refractivity contribution in [1.82, 2.24) is 20.4 Å². The third-order valence-corrected chi connectivity index (χ3v) is 3.13. The maximum Gasteiger partial charge on any atom is 0.213 e. The van der Waals surface area contributed by atoms with Crippen molar-refractivity contribution in [3.63, 3.8) is 0 Å². The molecule has 5 heteroatoms. The van der Waals surface area contributed by atoms with Crippen molar-refractivity contribution in [3.05, 3.63) is 12.2 Å². The summed E-state index contributed by atoms with van der Waals surface area (Å²) in [6.07, 6.45) is 2.66. The second-order valence-electron chi connectivity index (χ2n) is 5.29. The molecule has 1 unspecified atom stereocenters. The van der Waals surface area contributed by atoms with Gasteiger partial charge in [-0.1, -0.05) is 19.0 Å². The van der Waals surface area contributed by atoms with Crippen LogP contribution in [0.2, 0.25) is 0 Å². The Hall–Kier alpha value is -0.940. The van der Waals surface area contributed by atoms with Crippen molar-refractivity contribution < 1.29 is 4.52 Å². The van der Waals surface area contributed by atoms with Crippen LogP contribution >= 0.6 is 0 Å². The summed E-state index contributed by atoms with van der Waals surface area (Å²) in [4.78, 5) is 6.45. The largest absolute Gasteiger partial charge is 0.343 e. The van der Waals surface area contributed by atoms with Crippen LogP contribution in [-0.4, -0.2) is 41.2 Å². The molecule has 1 aliphatic heterocycles. The SMILES string of the molecule is CC(C)CNCC1CCN(Cc2ncon2)C1. The molecule has 0 aromatic carbocycles. The van der Waals surface area contributed by atoms with Gasteiger partial charge >= 0.3 is 0 Å². The number of rotatable bonds is 6. The molecule has 17 heavy (non-hydrogen) atoms. The van der Waals surface area contributed by atoms with E-state index in [4.69, 9.17) is 4.52 Å². The average molecular weight is 238 g/mol. The van der Waals surface area contributed by atoms with E-state index in [1.54, 1.807) is 0 Å². The van der Waals surface area contributed by atoms with Crippen LogP contribution in [0.1, 0.15) is 26.1 Å². The molecule has 0 spiro atoms. The summed E-state index contributed by atoms with van der Waals surface area (Å²) in [6.45, 7) is 9.82. The standard InChI is InChI=1S/C12H22N4O/c1-10(2)5-13-6-11-3-4-16(7-11)8-12-14-9-17-15-12/h9-11,13H,3-8H2,1-2H3. The third kappa shape index (κ3) is 4.09. The van der Waals surface area contributed by atoms with Gasteiger partial charge in [0.2, 0.25) is 6.39 Å². The Morgan fingerprint density at radius 3 is 3.18 bits per heavy atom. The molecule has 0 saturated carbocycles. The van der Waals surface area contributed by atoms with Gasteiger partial charge in [0.1, 0.15) is 0 Å². The normalized spacial score (nSPS) is 21.5. The van der Waals surface area contributed by atoms with Gasteiger partial charge in [-0.3, -0.25) is 4.90 Å². The summed E-state index contributed by atoms with van der Waals surface area (Å²) in [7, 11) is 0. The Balaban J connectivity index is 1.65. The molecule has 0 bridgehead atoms. The monoisotopic (exact) mass is 238 g/mol. The molecule has 2 heterocycles. The first-order chi connectivity index (χ1) is 8.24. The van der Waals surface area contributed by atoms with E-state index in [1.807, 2.05) is 0 Å². The molecule has 1 atom stereocenters. The van der Waals surface area contributed by atoms with Crippen LogP contribution in [0.25, 0.3) is 0 Å². The van der Waals surface area contributed by atoms with Crippen LogP contribution in [0.4, 0.5) is 0 Å². The van der Waals surface area contributed by atoms with E-state index in [9.17, 15) is 0 Å². The van der Waals surface area contributed by atoms with Gasteiger partial charge in [-0.2, -0.15) is 4.98 Å². The van der Waals surface area contributed by atoms with E-state index >= 15 is 0 Å². The molecule has 0 aliphatic carbocycles. The Morgan fingerprint density at radius 2 is 2.47 bits per heavy atom. The predicted molar refractivity (Wildman–Crippen MR) is 65.4 cm³/mol. The summed E-state index contributed by atoms with van der Waals surface area (Å²) in [5.74, 6) is 2.29. The van der Waals surface area contributed by atoms with E-state index in [2.05, 4.69) is 34.2 Å². The van der Waals surface area contributed by atoms with Gasteiger partial charge in [-0.25, -0.2) is 0 Å². The van der Waals surface area contributed by atoms with Crippen LogP contribution in [0.5, 0.6) is 0 Å². The fourth-order valence-electron chi connectivity index (χ4n) is 2.26. The first-order valence-electron chi connectivity index (χ1n) is 6.42. The van der Waals surface area contributed by atoms with Crippen LogP contribution < -0.4 is 5.32 Å². The molecule has 96 valence electrons. The predicted octanol–water partition coefficient (Wildman–Crippen LogP) is 1.14. The smallest absolute Gasteiger partial charge is 0.213 e. The highest BCUT2D eigenvalue weighted by molar-refractivity contribution is 4.83. The Labute approximate surface area is 103 Å². The number of hydrogen-bond acceptors (Lipinski definition) is 5. The van der Waals surface area contributed by atoms with Crippen LogP contribution in [0.15, 0.2) is 10.9 Å². The summed E-state index contributed by atoms with van der Waals surface area (Å²) < 4.78 is 4.74. The summed E-state index contributed by atoms with van der Waals surface area (Å²) >= 11 is 0. The summed E-state index contributed by atoms with van der Waals surface area (Å²) in [6, 6.07) is 0. The minimum Gasteiger partial charge on any atom is -0.343 e. The average Bonchev–Trinajstić information content (AvgIpc) is 2.90. The lowest BCUT2D eigenvalue weighted by molar-refractivity contribution is 0.297. The molecule has 2 rings (SSSR count). The van der Waals surface area contributed by atoms with Crippen LogP contribution in [0, 0.1) is 11.8 Å². The fraction of sp³-hybridized carbons (Fsp3) is 0.833. The second kappa shape index (κ2) is 6.12. The molecule has 1 aliphatic rings. The number of hydrogen-bond donors (Lipinski definition) is 1. The molecular formula is C12H22N4O. The van der Waals surface area contributed by atoms with E-state index in [0.717, 1.165) is 50.4 Å². The minimum absolute atomic E-state index is 0.729. The van der Waals surface area contributed by atoms with E-state index < -0.39 is 0 Å². The zero-order chi connectivity index (χ0) is 12.1. The van der Waals surface area contributed by atoms with Crippen molar-refractivity contribution in [2.45, 2.75) is 26.8 Å². The minimum atomic E-state index is 0.729. The van der Waals surface area contributed by atoms with Gasteiger partial charge < -0.3 is 9.84 Å². The number of aromatic nitrogens is 2. The van der Waals surface area contributed by atoms with Gasteiger partial charge in [-0.05, 0) is 37.9 Å². The van der Waals surface area contributed by atoms with E-state index in [0.29, 0.717) is 0 Å². The summed E-state index contributed by atoms with van der Waals surface area (Å²) in [5.41, 5.74) is 0. The zero-order valence-corrected chi connectivity index (χ0v) is 10.7. The molecule has 1 saturated heterocycles. The molecule has 1 aromatic heterocycles. The Bertz CT molecular complexity index is 312. The van der Waals surface area contributed by atoms with Crippen molar-refractivity contribution >= 4 is 0 Å². The first kappa shape index (κ1) is 12.5. The molecule has 1 aromatic rings. The van der Waals surface area contributed by atoms with Gasteiger partial charge in [-0.15, -0.1) is 0 Å². The van der Waals surface area contributed by atoms with Gasteiger partial charge in [0.05, 0.1) is 6.54 Å². The quantitative estimate of drug-likeness (QED) is 0.805. The molecule has 0 radical (unpaired) electrons. The zero-order valence-electron chi connectivity index (χ0n) is 10.7. The Kier molecular flexibility index (Phi) is 4.50. The van der Waals surface area contributed by atoms with Crippen LogP contribution in [0.3, 0.4) is 0 Å². The molecule has 1 fully saturated rings. The third-order valence-electron chi connectivity index (χ3n) is 3.13. The highest BCUT2D eigenvalue weighted by Gasteiger charge is 2.22. The topological polar surface area (TPSA) is 54.2 Å². The maximum atomic E-state index is 4.74. The molecular weight excluding hydrogens is 216 g/mol. The lowest BCUT2D eigenvalue weighted by Crippen LogP contribution is -2.28. The lowest BCUT2D eigenvalue weighted by atomic mass is 10.1. The van der Waals surface area contributed by atoms with E-state index in [1.165, 1.54) is 12.8 Å². The van der Waals surface area contributed by atoms with Crippen LogP contribution in [-0.2, 0) is 6.54 Å². The number of nitrogens with one attached hydrogen (secondary N) is 1. The van der Waals surface area contributed by atoms with Gasteiger partial charge in [0.25, 0.3) is 0 Å². The number of nitrogens with zero attached hydrogens (tertiary/aromatic N) is 3. The highest BCUT2D eigenvalue weighted by Crippen LogP contribution is 2.16. The summed E-state index contributed by atoms with van der Waals surface area (Å²) in [5, 5.41) is 7.38. The van der Waals surface area contributed by atoms with Crippen molar-refractivity contribution in [2.24, 2.45) is 11.8 Å². The van der Waals surface area contributed by atoms with Crippen molar-refractivity contribution in [3.8, 4) is 0 Å². The highest BCUT2D eigenvalue weighted by atomic mass is 16.5. The Morgan fingerprint density at radius 1 is 1.59 bits per heavy atom. The fourth-order valence-corrected chi connectivity index (χ4v) is 2.26. The van der Waals surface area contributed by atoms with Crippen molar-refractivity contribution in [1.29, 1.82) is 0 Å². The van der Waals surface area contributed by atoms with Crippen molar-refractivity contribution in [2.75, 3.05) is 26.2 Å².